The molecule has 2 atom stereocenters. The molecule has 2 aliphatic heterocycles. The number of hydrogen-bond donors (Lipinski definition) is 1. The molecule has 0 aliphatic carbocycles. The van der Waals surface area contributed by atoms with Crippen molar-refractivity contribution in [2.24, 2.45) is 0 Å². The molecule has 2 heterocycles. The summed E-state index contributed by atoms with van der Waals surface area (Å²) in [6, 6.07) is 10.4. The highest BCUT2D eigenvalue weighted by atomic mass is 35.5. The molecule has 2 aromatic rings. The van der Waals surface area contributed by atoms with Crippen LogP contribution in [0.25, 0.3) is 11.1 Å². The van der Waals surface area contributed by atoms with Crippen LogP contribution in [0.15, 0.2) is 36.4 Å². The third kappa shape index (κ3) is 3.25. The van der Waals surface area contributed by atoms with Crippen molar-refractivity contribution in [3.63, 3.8) is 0 Å². The Morgan fingerprint density at radius 3 is 2.79 bits per heavy atom. The van der Waals surface area contributed by atoms with Gasteiger partial charge >= 0.3 is 0 Å². The van der Waals surface area contributed by atoms with Gasteiger partial charge in [0.2, 0.25) is 5.91 Å². The minimum Gasteiger partial charge on any atom is -0.496 e. The van der Waals surface area contributed by atoms with E-state index in [-0.39, 0.29) is 17.1 Å². The molecule has 4 rings (SSSR count). The van der Waals surface area contributed by atoms with Crippen molar-refractivity contribution in [2.45, 2.75) is 24.6 Å². The molecule has 1 saturated heterocycles. The Morgan fingerprint density at radius 1 is 1.21 bits per heavy atom. The molecule has 0 spiro atoms. The molecule has 0 unspecified atom stereocenters. The van der Waals surface area contributed by atoms with E-state index in [1.54, 1.807) is 42.0 Å². The molecular formula is C21H21ClN2O3S. The molecule has 1 N–H and O–H groups in total. The highest BCUT2D eigenvalue weighted by Gasteiger charge is 2.44. The second kappa shape index (κ2) is 7.68. The fourth-order valence-electron chi connectivity index (χ4n) is 3.96. The molecule has 2 amide bonds. The van der Waals surface area contributed by atoms with Gasteiger partial charge in [0.25, 0.3) is 5.91 Å². The molecule has 2 aromatic carbocycles. The van der Waals surface area contributed by atoms with E-state index < -0.39 is 6.04 Å². The van der Waals surface area contributed by atoms with Gasteiger partial charge in [-0.3, -0.25) is 9.59 Å². The number of thioether (sulfide) groups is 1. The molecule has 0 bridgehead atoms. The van der Waals surface area contributed by atoms with E-state index in [0.717, 1.165) is 23.3 Å². The van der Waals surface area contributed by atoms with Gasteiger partial charge in [-0.25, -0.2) is 0 Å². The standard InChI is InChI=1S/C21H21ClN2O3S/c1-3-28-18-8-9-24-19(18)20(25)23-16-6-4-12(10-15(16)21(24)26)14-11-13(22)5-7-17(14)27-2/h4-7,10-11,18-19H,3,8-9H2,1-2H3,(H,23,25)/t18-,19-/m0/s1. The SMILES string of the molecule is CCS[C@H]1CCN2C(=O)c3cc(-c4cc(Cl)ccc4OC)ccc3NC(=O)[C@H]12. The van der Waals surface area contributed by atoms with E-state index >= 15 is 0 Å². The predicted molar refractivity (Wildman–Crippen MR) is 113 cm³/mol. The number of hydrogen-bond acceptors (Lipinski definition) is 4. The highest BCUT2D eigenvalue weighted by Crippen LogP contribution is 2.38. The number of rotatable bonds is 4. The van der Waals surface area contributed by atoms with Crippen LogP contribution in [0.3, 0.4) is 0 Å². The lowest BCUT2D eigenvalue weighted by Gasteiger charge is -2.23. The van der Waals surface area contributed by atoms with Gasteiger partial charge in [-0.05, 0) is 48.1 Å². The quantitative estimate of drug-likeness (QED) is 0.807. The number of halogens is 1. The van der Waals surface area contributed by atoms with Crippen molar-refractivity contribution in [3.8, 4) is 16.9 Å². The molecule has 0 aromatic heterocycles. The average molecular weight is 417 g/mol. The third-order valence-electron chi connectivity index (χ3n) is 5.23. The average Bonchev–Trinajstić information content (AvgIpc) is 3.07. The summed E-state index contributed by atoms with van der Waals surface area (Å²) >= 11 is 7.91. The number of carbonyl (C=O) groups is 2. The van der Waals surface area contributed by atoms with E-state index in [4.69, 9.17) is 16.3 Å². The molecule has 5 nitrogen and oxygen atoms in total. The van der Waals surface area contributed by atoms with E-state index in [1.807, 2.05) is 18.2 Å². The number of carbonyl (C=O) groups excluding carboxylic acids is 2. The Bertz CT molecular complexity index is 949. The molecule has 0 saturated carbocycles. The molecular weight excluding hydrogens is 396 g/mol. The maximum atomic E-state index is 13.3. The summed E-state index contributed by atoms with van der Waals surface area (Å²) in [4.78, 5) is 27.8. The molecule has 0 radical (unpaired) electrons. The summed E-state index contributed by atoms with van der Waals surface area (Å²) in [5, 5.41) is 3.68. The smallest absolute Gasteiger partial charge is 0.256 e. The minimum atomic E-state index is -0.422. The van der Waals surface area contributed by atoms with Crippen molar-refractivity contribution < 1.29 is 14.3 Å². The fraction of sp³-hybridized carbons (Fsp3) is 0.333. The van der Waals surface area contributed by atoms with E-state index in [1.165, 1.54) is 0 Å². The zero-order valence-corrected chi connectivity index (χ0v) is 17.3. The van der Waals surface area contributed by atoms with E-state index in [2.05, 4.69) is 12.2 Å². The molecule has 28 heavy (non-hydrogen) atoms. The lowest BCUT2D eigenvalue weighted by atomic mass is 10.0. The van der Waals surface area contributed by atoms with Crippen LogP contribution in [-0.4, -0.2) is 47.4 Å². The predicted octanol–water partition coefficient (Wildman–Crippen LogP) is 4.30. The second-order valence-corrected chi connectivity index (χ2v) is 8.77. The first-order valence-corrected chi connectivity index (χ1v) is 10.7. The Hall–Kier alpha value is -2.18. The Labute approximate surface area is 173 Å². The van der Waals surface area contributed by atoms with E-state index in [0.29, 0.717) is 28.6 Å². The largest absolute Gasteiger partial charge is 0.496 e. The summed E-state index contributed by atoms with van der Waals surface area (Å²) in [5.41, 5.74) is 2.67. The zero-order valence-electron chi connectivity index (χ0n) is 15.7. The minimum absolute atomic E-state index is 0.108. The first-order valence-electron chi connectivity index (χ1n) is 9.25. The van der Waals surface area contributed by atoms with Crippen molar-refractivity contribution in [3.05, 3.63) is 47.0 Å². The maximum absolute atomic E-state index is 13.3. The number of amides is 2. The highest BCUT2D eigenvalue weighted by molar-refractivity contribution is 7.99. The zero-order chi connectivity index (χ0) is 19.8. The van der Waals surface area contributed by atoms with Gasteiger partial charge in [-0.2, -0.15) is 11.8 Å². The van der Waals surface area contributed by atoms with Crippen molar-refractivity contribution >= 4 is 40.9 Å². The van der Waals surface area contributed by atoms with Gasteiger partial charge in [0.15, 0.2) is 0 Å². The molecule has 1 fully saturated rings. The topological polar surface area (TPSA) is 58.6 Å². The van der Waals surface area contributed by atoms with Crippen molar-refractivity contribution in [1.82, 2.24) is 4.90 Å². The van der Waals surface area contributed by atoms with Crippen molar-refractivity contribution in [2.75, 3.05) is 24.7 Å². The lowest BCUT2D eigenvalue weighted by molar-refractivity contribution is -0.119. The van der Waals surface area contributed by atoms with Gasteiger partial charge < -0.3 is 15.0 Å². The summed E-state index contributed by atoms with van der Waals surface area (Å²) < 4.78 is 5.45. The lowest BCUT2D eigenvalue weighted by Crippen LogP contribution is -2.44. The number of methoxy groups -OCH3 is 1. The second-order valence-electron chi connectivity index (χ2n) is 6.82. The summed E-state index contributed by atoms with van der Waals surface area (Å²) in [7, 11) is 1.60. The van der Waals surface area contributed by atoms with Crippen LogP contribution in [0.2, 0.25) is 5.02 Å². The van der Waals surface area contributed by atoms with Crippen molar-refractivity contribution in [1.29, 1.82) is 0 Å². The Kier molecular flexibility index (Phi) is 5.25. The fourth-order valence-corrected chi connectivity index (χ4v) is 5.28. The number of nitrogens with one attached hydrogen (secondary N) is 1. The summed E-state index contributed by atoms with van der Waals surface area (Å²) in [6.45, 7) is 2.67. The number of ether oxygens (including phenoxy) is 1. The van der Waals surface area contributed by atoms with Gasteiger partial charge in [-0.15, -0.1) is 0 Å². The first kappa shape index (κ1) is 19.2. The maximum Gasteiger partial charge on any atom is 0.256 e. The van der Waals surface area contributed by atoms with Crippen LogP contribution < -0.4 is 10.1 Å². The van der Waals surface area contributed by atoms with Gasteiger partial charge in [-0.1, -0.05) is 24.6 Å². The number of nitrogens with zero attached hydrogens (tertiary/aromatic N) is 1. The van der Waals surface area contributed by atoms with Crippen LogP contribution in [-0.2, 0) is 4.79 Å². The molecule has 146 valence electrons. The van der Waals surface area contributed by atoms with Gasteiger partial charge in [0.1, 0.15) is 11.8 Å². The molecule has 2 aliphatic rings. The first-order chi connectivity index (χ1) is 13.5. The van der Waals surface area contributed by atoms with Crippen LogP contribution in [0.5, 0.6) is 5.75 Å². The number of benzene rings is 2. The van der Waals surface area contributed by atoms with E-state index in [9.17, 15) is 9.59 Å². The van der Waals surface area contributed by atoms with Crippen LogP contribution >= 0.6 is 23.4 Å². The molecule has 7 heteroatoms. The van der Waals surface area contributed by atoms with Gasteiger partial charge in [0, 0.05) is 22.4 Å². The van der Waals surface area contributed by atoms with Gasteiger partial charge in [0.05, 0.1) is 18.4 Å². The third-order valence-corrected chi connectivity index (χ3v) is 6.72. The Balaban J connectivity index is 1.77. The van der Waals surface area contributed by atoms with Crippen LogP contribution in [0, 0.1) is 0 Å². The number of anilines is 1. The van der Waals surface area contributed by atoms with Crippen LogP contribution in [0.4, 0.5) is 5.69 Å². The van der Waals surface area contributed by atoms with Crippen LogP contribution in [0.1, 0.15) is 23.7 Å². The summed E-state index contributed by atoms with van der Waals surface area (Å²) in [6.07, 6.45) is 0.833. The Morgan fingerprint density at radius 2 is 2.04 bits per heavy atom. The monoisotopic (exact) mass is 416 g/mol. The number of fused-ring (bicyclic) bond motifs is 2. The summed E-state index contributed by atoms with van der Waals surface area (Å²) in [5.74, 6) is 1.37. The normalized spacial score (nSPS) is 21.0.